The zero-order valence-electron chi connectivity index (χ0n) is 14.5. The summed E-state index contributed by atoms with van der Waals surface area (Å²) in [7, 11) is 0. The normalized spacial score (nSPS) is 17.4. The van der Waals surface area contributed by atoms with Gasteiger partial charge < -0.3 is 15.5 Å². The molecule has 4 rings (SSSR count). The summed E-state index contributed by atoms with van der Waals surface area (Å²) in [6, 6.07) is 14.4. The van der Waals surface area contributed by atoms with Crippen LogP contribution in [0.1, 0.15) is 18.4 Å². The van der Waals surface area contributed by atoms with E-state index in [9.17, 15) is 14.4 Å². The maximum absolute atomic E-state index is 12.6. The molecule has 3 amide bonds. The van der Waals surface area contributed by atoms with Crippen molar-refractivity contribution >= 4 is 40.7 Å². The molecule has 0 aliphatic carbocycles. The first-order chi connectivity index (χ1) is 13.0. The first-order valence-electron chi connectivity index (χ1n) is 8.77. The fourth-order valence-electron chi connectivity index (χ4n) is 3.84. The number of fused-ring (bicyclic) bond motifs is 2. The zero-order valence-corrected chi connectivity index (χ0v) is 15.3. The third-order valence-electron chi connectivity index (χ3n) is 5.35. The summed E-state index contributed by atoms with van der Waals surface area (Å²) in [5.74, 6) is -1.37. The summed E-state index contributed by atoms with van der Waals surface area (Å²) in [6.45, 7) is 0.688. The number of anilines is 2. The van der Waals surface area contributed by atoms with Crippen molar-refractivity contribution in [2.75, 3.05) is 23.7 Å². The number of nitrogens with zero attached hydrogens (tertiary/aromatic N) is 1. The number of rotatable bonds is 1. The van der Waals surface area contributed by atoms with Gasteiger partial charge in [0.25, 0.3) is 0 Å². The van der Waals surface area contributed by atoms with E-state index in [1.807, 2.05) is 24.3 Å². The van der Waals surface area contributed by atoms with Gasteiger partial charge in [-0.25, -0.2) is 0 Å². The molecule has 0 radical (unpaired) electrons. The van der Waals surface area contributed by atoms with Gasteiger partial charge in [-0.05, 0) is 36.6 Å². The molecule has 1 spiro atoms. The van der Waals surface area contributed by atoms with Crippen molar-refractivity contribution in [2.24, 2.45) is 0 Å². The Morgan fingerprint density at radius 3 is 2.44 bits per heavy atom. The van der Waals surface area contributed by atoms with Crippen LogP contribution in [0.25, 0.3) is 0 Å². The van der Waals surface area contributed by atoms with E-state index >= 15 is 0 Å². The molecule has 1 fully saturated rings. The molecule has 2 aromatic rings. The Labute approximate surface area is 161 Å². The lowest BCUT2D eigenvalue weighted by molar-refractivity contribution is -0.144. The molecule has 138 valence electrons. The third kappa shape index (κ3) is 2.96. The lowest BCUT2D eigenvalue weighted by Crippen LogP contribution is -2.50. The molecule has 0 aromatic heterocycles. The van der Waals surface area contributed by atoms with Crippen LogP contribution < -0.4 is 10.6 Å². The number of benzene rings is 2. The molecule has 27 heavy (non-hydrogen) atoms. The van der Waals surface area contributed by atoms with E-state index in [0.29, 0.717) is 36.6 Å². The molecule has 0 atom stereocenters. The van der Waals surface area contributed by atoms with Crippen LogP contribution in [0.3, 0.4) is 0 Å². The number of carbonyl (C=O) groups is 3. The number of amides is 3. The van der Waals surface area contributed by atoms with Crippen molar-refractivity contribution < 1.29 is 14.4 Å². The molecule has 2 heterocycles. The zero-order chi connectivity index (χ0) is 19.0. The molecule has 0 saturated carbocycles. The molecule has 2 aliphatic heterocycles. The van der Waals surface area contributed by atoms with E-state index < -0.39 is 17.2 Å². The summed E-state index contributed by atoms with van der Waals surface area (Å²) >= 11 is 6.02. The number of para-hydroxylation sites is 2. The van der Waals surface area contributed by atoms with Gasteiger partial charge in [0, 0.05) is 18.8 Å². The fraction of sp³-hybridized carbons (Fsp3) is 0.250. The maximum atomic E-state index is 12.6. The number of halogens is 1. The van der Waals surface area contributed by atoms with Crippen molar-refractivity contribution in [2.45, 2.75) is 18.3 Å². The predicted molar refractivity (Wildman–Crippen MR) is 103 cm³/mol. The van der Waals surface area contributed by atoms with E-state index in [-0.39, 0.29) is 5.91 Å². The second-order valence-electron chi connectivity index (χ2n) is 6.81. The molecule has 2 aromatic carbocycles. The number of hydrogen-bond donors (Lipinski definition) is 2. The molecule has 2 N–H and O–H groups in total. The van der Waals surface area contributed by atoms with Gasteiger partial charge in [-0.3, -0.25) is 14.4 Å². The van der Waals surface area contributed by atoms with E-state index in [2.05, 4.69) is 10.6 Å². The van der Waals surface area contributed by atoms with Gasteiger partial charge in [0.1, 0.15) is 0 Å². The minimum atomic E-state index is -0.727. The van der Waals surface area contributed by atoms with Crippen molar-refractivity contribution in [1.29, 1.82) is 0 Å². The van der Waals surface area contributed by atoms with Crippen LogP contribution in [0, 0.1) is 0 Å². The first kappa shape index (κ1) is 17.5. The summed E-state index contributed by atoms with van der Waals surface area (Å²) in [4.78, 5) is 38.9. The monoisotopic (exact) mass is 383 g/mol. The number of likely N-dealkylation sites (tertiary alicyclic amines) is 1. The van der Waals surface area contributed by atoms with Gasteiger partial charge in [-0.15, -0.1) is 0 Å². The quantitative estimate of drug-likeness (QED) is 0.743. The van der Waals surface area contributed by atoms with Crippen molar-refractivity contribution in [1.82, 2.24) is 4.90 Å². The van der Waals surface area contributed by atoms with E-state index in [0.717, 1.165) is 11.3 Å². The summed E-state index contributed by atoms with van der Waals surface area (Å²) < 4.78 is 0. The van der Waals surface area contributed by atoms with Gasteiger partial charge in [-0.1, -0.05) is 41.9 Å². The SMILES string of the molecule is O=C(Nc1ccccc1Cl)C(=O)N1CCC2(CC1)C(=O)Nc1ccccc12. The van der Waals surface area contributed by atoms with E-state index in [1.165, 1.54) is 4.90 Å². The number of hydrogen-bond acceptors (Lipinski definition) is 3. The van der Waals surface area contributed by atoms with E-state index in [1.54, 1.807) is 24.3 Å². The maximum Gasteiger partial charge on any atom is 0.313 e. The molecule has 0 bridgehead atoms. The van der Waals surface area contributed by atoms with Crippen LogP contribution in [0.2, 0.25) is 5.02 Å². The topological polar surface area (TPSA) is 78.5 Å². The first-order valence-corrected chi connectivity index (χ1v) is 9.15. The molecule has 1 saturated heterocycles. The number of piperidine rings is 1. The Balaban J connectivity index is 1.45. The standard InChI is InChI=1S/C20H18ClN3O3/c21-14-6-2-4-8-16(14)22-17(25)18(26)24-11-9-20(10-12-24)13-5-1-3-7-15(13)23-19(20)27/h1-8H,9-12H2,(H,22,25)(H,23,27). The third-order valence-corrected chi connectivity index (χ3v) is 5.68. The van der Waals surface area contributed by atoms with E-state index in [4.69, 9.17) is 11.6 Å². The second-order valence-corrected chi connectivity index (χ2v) is 7.22. The smallest absolute Gasteiger partial charge is 0.313 e. The van der Waals surface area contributed by atoms with Crippen LogP contribution in [0.5, 0.6) is 0 Å². The second kappa shape index (κ2) is 6.70. The average molecular weight is 384 g/mol. The Bertz CT molecular complexity index is 936. The summed E-state index contributed by atoms with van der Waals surface area (Å²) in [5.41, 5.74) is 1.59. The summed E-state index contributed by atoms with van der Waals surface area (Å²) in [5, 5.41) is 5.85. The number of nitrogens with one attached hydrogen (secondary N) is 2. The van der Waals surface area contributed by atoms with Crippen LogP contribution in [-0.2, 0) is 19.8 Å². The Morgan fingerprint density at radius 2 is 1.70 bits per heavy atom. The lowest BCUT2D eigenvalue weighted by Gasteiger charge is -2.37. The van der Waals surface area contributed by atoms with Crippen molar-refractivity contribution in [3.8, 4) is 0 Å². The van der Waals surface area contributed by atoms with Crippen molar-refractivity contribution in [3.63, 3.8) is 0 Å². The van der Waals surface area contributed by atoms with Crippen LogP contribution in [-0.4, -0.2) is 35.7 Å². The van der Waals surface area contributed by atoms with Crippen molar-refractivity contribution in [3.05, 3.63) is 59.1 Å². The molecule has 6 nitrogen and oxygen atoms in total. The highest BCUT2D eigenvalue weighted by molar-refractivity contribution is 6.41. The molecule has 7 heteroatoms. The Morgan fingerprint density at radius 1 is 1.04 bits per heavy atom. The largest absolute Gasteiger partial charge is 0.334 e. The van der Waals surface area contributed by atoms with Gasteiger partial charge in [-0.2, -0.15) is 0 Å². The van der Waals surface area contributed by atoms with Gasteiger partial charge >= 0.3 is 11.8 Å². The number of carbonyl (C=O) groups excluding carboxylic acids is 3. The minimum absolute atomic E-state index is 0.0312. The Kier molecular flexibility index (Phi) is 4.36. The molecule has 2 aliphatic rings. The molecule has 0 unspecified atom stereocenters. The average Bonchev–Trinajstić information content (AvgIpc) is 2.95. The van der Waals surface area contributed by atoms with Crippen LogP contribution in [0.15, 0.2) is 48.5 Å². The lowest BCUT2D eigenvalue weighted by atomic mass is 9.73. The van der Waals surface area contributed by atoms with Crippen LogP contribution >= 0.6 is 11.6 Å². The summed E-state index contributed by atoms with van der Waals surface area (Å²) in [6.07, 6.45) is 0.974. The molecular weight excluding hydrogens is 366 g/mol. The predicted octanol–water partition coefficient (Wildman–Crippen LogP) is 2.79. The van der Waals surface area contributed by atoms with Gasteiger partial charge in [0.05, 0.1) is 16.1 Å². The fourth-order valence-corrected chi connectivity index (χ4v) is 4.03. The highest BCUT2D eigenvalue weighted by Gasteiger charge is 2.49. The highest BCUT2D eigenvalue weighted by atomic mass is 35.5. The minimum Gasteiger partial charge on any atom is -0.334 e. The van der Waals surface area contributed by atoms with Crippen LogP contribution in [0.4, 0.5) is 11.4 Å². The van der Waals surface area contributed by atoms with Gasteiger partial charge in [0.2, 0.25) is 5.91 Å². The molecular formula is C20H18ClN3O3. The Hall–Kier alpha value is -2.86. The highest BCUT2D eigenvalue weighted by Crippen LogP contribution is 2.44. The van der Waals surface area contributed by atoms with Gasteiger partial charge in [0.15, 0.2) is 0 Å².